The number of aromatic amines is 1. The largest absolute Gasteiger partial charge is 0.493 e. The normalized spacial score (nSPS) is 11.2. The molecule has 1 aromatic heterocycles. The highest BCUT2D eigenvalue weighted by Crippen LogP contribution is 2.27. The Morgan fingerprint density at radius 3 is 2.46 bits per heavy atom. The van der Waals surface area contributed by atoms with Crippen LogP contribution in [0, 0.1) is 0 Å². The maximum atomic E-state index is 12.6. The molecule has 0 aliphatic carbocycles. The Bertz CT molecular complexity index is 1480. The van der Waals surface area contributed by atoms with Crippen LogP contribution in [0.2, 0.25) is 0 Å². The first kappa shape index (κ1) is 29.4. The molecule has 41 heavy (non-hydrogen) atoms. The van der Waals surface area contributed by atoms with Gasteiger partial charge in [0.1, 0.15) is 6.61 Å². The van der Waals surface area contributed by atoms with E-state index in [1.54, 1.807) is 37.9 Å². The Morgan fingerprint density at radius 2 is 1.71 bits per heavy atom. The SMILES string of the molecule is COc1ccc(CC(=O)OCCN(CCc2c[nH]c3ccccc23)Cc2ccc(C=CC(=O)NO)cc2)cc1OC. The molecule has 0 atom stereocenters. The number of aromatic nitrogens is 1. The van der Waals surface area contributed by atoms with E-state index in [2.05, 4.69) is 28.2 Å². The predicted molar refractivity (Wildman–Crippen MR) is 157 cm³/mol. The number of para-hydroxylation sites is 1. The predicted octanol–water partition coefficient (Wildman–Crippen LogP) is 4.53. The van der Waals surface area contributed by atoms with Gasteiger partial charge >= 0.3 is 5.97 Å². The maximum absolute atomic E-state index is 12.6. The number of rotatable bonds is 14. The van der Waals surface area contributed by atoms with Crippen LogP contribution in [0.3, 0.4) is 0 Å². The number of hydrogen-bond donors (Lipinski definition) is 3. The van der Waals surface area contributed by atoms with Crippen molar-refractivity contribution >= 4 is 28.9 Å². The summed E-state index contributed by atoms with van der Waals surface area (Å²) in [6, 6.07) is 21.4. The van der Waals surface area contributed by atoms with Crippen molar-refractivity contribution in [1.82, 2.24) is 15.4 Å². The second-order valence-corrected chi connectivity index (χ2v) is 9.52. The van der Waals surface area contributed by atoms with E-state index in [-0.39, 0.29) is 19.0 Å². The van der Waals surface area contributed by atoms with E-state index in [1.165, 1.54) is 17.0 Å². The van der Waals surface area contributed by atoms with Crippen molar-refractivity contribution < 1.29 is 29.0 Å². The van der Waals surface area contributed by atoms with Gasteiger partial charge in [0.15, 0.2) is 11.5 Å². The third-order valence-electron chi connectivity index (χ3n) is 6.76. The van der Waals surface area contributed by atoms with Gasteiger partial charge in [-0.25, -0.2) is 5.48 Å². The van der Waals surface area contributed by atoms with Gasteiger partial charge in [-0.3, -0.25) is 19.7 Å². The lowest BCUT2D eigenvalue weighted by Crippen LogP contribution is -2.30. The van der Waals surface area contributed by atoms with Crippen molar-refractivity contribution in [3.05, 3.63) is 101 Å². The summed E-state index contributed by atoms with van der Waals surface area (Å²) in [4.78, 5) is 29.4. The number of carbonyl (C=O) groups is 2. The first-order valence-electron chi connectivity index (χ1n) is 13.3. The van der Waals surface area contributed by atoms with Crippen LogP contribution in [-0.4, -0.2) is 60.9 Å². The van der Waals surface area contributed by atoms with Gasteiger partial charge < -0.3 is 19.2 Å². The van der Waals surface area contributed by atoms with E-state index in [1.807, 2.05) is 42.5 Å². The number of hydroxylamine groups is 1. The summed E-state index contributed by atoms with van der Waals surface area (Å²) >= 11 is 0. The van der Waals surface area contributed by atoms with Crippen molar-refractivity contribution in [2.45, 2.75) is 19.4 Å². The fraction of sp³-hybridized carbons (Fsp3) is 0.250. The average molecular weight is 558 g/mol. The quantitative estimate of drug-likeness (QED) is 0.0903. The molecule has 0 bridgehead atoms. The Hall–Kier alpha value is -4.60. The molecule has 0 unspecified atom stereocenters. The first-order valence-corrected chi connectivity index (χ1v) is 13.3. The Morgan fingerprint density at radius 1 is 0.951 bits per heavy atom. The second-order valence-electron chi connectivity index (χ2n) is 9.52. The molecule has 3 aromatic carbocycles. The van der Waals surface area contributed by atoms with Crippen molar-refractivity contribution in [2.75, 3.05) is 33.9 Å². The van der Waals surface area contributed by atoms with E-state index in [0.29, 0.717) is 24.6 Å². The molecule has 214 valence electrons. The molecule has 4 rings (SSSR count). The highest BCUT2D eigenvalue weighted by atomic mass is 16.5. The number of nitrogens with zero attached hydrogens (tertiary/aromatic N) is 1. The zero-order valence-electron chi connectivity index (χ0n) is 23.3. The van der Waals surface area contributed by atoms with E-state index in [4.69, 9.17) is 19.4 Å². The second kappa shape index (κ2) is 14.7. The Balaban J connectivity index is 1.38. The highest BCUT2D eigenvalue weighted by Gasteiger charge is 2.13. The molecule has 9 nitrogen and oxygen atoms in total. The lowest BCUT2D eigenvalue weighted by Gasteiger charge is -2.22. The summed E-state index contributed by atoms with van der Waals surface area (Å²) < 4.78 is 16.2. The van der Waals surface area contributed by atoms with Crippen LogP contribution in [0.15, 0.2) is 79.0 Å². The van der Waals surface area contributed by atoms with Crippen LogP contribution >= 0.6 is 0 Å². The van der Waals surface area contributed by atoms with Gasteiger partial charge in [0, 0.05) is 42.8 Å². The first-order chi connectivity index (χ1) is 20.0. The molecule has 0 aliphatic rings. The van der Waals surface area contributed by atoms with Gasteiger partial charge in [-0.2, -0.15) is 0 Å². The van der Waals surface area contributed by atoms with E-state index in [9.17, 15) is 9.59 Å². The molecule has 0 spiro atoms. The lowest BCUT2D eigenvalue weighted by molar-refractivity contribution is -0.143. The molecule has 1 amide bonds. The number of esters is 1. The zero-order chi connectivity index (χ0) is 29.0. The third-order valence-corrected chi connectivity index (χ3v) is 6.76. The Kier molecular flexibility index (Phi) is 10.5. The molecular weight excluding hydrogens is 522 g/mol. The number of amides is 1. The summed E-state index contributed by atoms with van der Waals surface area (Å²) in [5.74, 6) is 0.282. The van der Waals surface area contributed by atoms with Crippen LogP contribution in [0.1, 0.15) is 22.3 Å². The number of ether oxygens (including phenoxy) is 3. The number of hydrogen-bond acceptors (Lipinski definition) is 7. The summed E-state index contributed by atoms with van der Waals surface area (Å²) in [5, 5.41) is 9.86. The van der Waals surface area contributed by atoms with Gasteiger partial charge in [-0.1, -0.05) is 48.5 Å². The molecule has 0 radical (unpaired) electrons. The molecule has 0 saturated heterocycles. The molecule has 1 heterocycles. The molecule has 9 heteroatoms. The van der Waals surface area contributed by atoms with Crippen LogP contribution in [0.5, 0.6) is 11.5 Å². The fourth-order valence-electron chi connectivity index (χ4n) is 4.59. The van der Waals surface area contributed by atoms with Gasteiger partial charge in [-0.15, -0.1) is 0 Å². The van der Waals surface area contributed by atoms with Crippen molar-refractivity contribution in [3.63, 3.8) is 0 Å². The van der Waals surface area contributed by atoms with Crippen molar-refractivity contribution in [3.8, 4) is 11.5 Å². The van der Waals surface area contributed by atoms with Crippen LogP contribution in [0.4, 0.5) is 0 Å². The summed E-state index contributed by atoms with van der Waals surface area (Å²) in [7, 11) is 3.13. The number of H-pyrrole nitrogens is 1. The highest BCUT2D eigenvalue weighted by molar-refractivity contribution is 5.90. The Labute approximate surface area is 239 Å². The van der Waals surface area contributed by atoms with Crippen molar-refractivity contribution in [1.29, 1.82) is 0 Å². The molecule has 0 fully saturated rings. The van der Waals surface area contributed by atoms with Gasteiger partial charge in [0.05, 0.1) is 20.6 Å². The van der Waals surface area contributed by atoms with Gasteiger partial charge in [-0.05, 0) is 52.9 Å². The minimum Gasteiger partial charge on any atom is -0.493 e. The van der Waals surface area contributed by atoms with E-state index in [0.717, 1.165) is 35.2 Å². The summed E-state index contributed by atoms with van der Waals surface area (Å²) in [6.45, 7) is 2.26. The number of benzene rings is 3. The lowest BCUT2D eigenvalue weighted by atomic mass is 10.1. The monoisotopic (exact) mass is 557 g/mol. The molecule has 3 N–H and O–H groups in total. The number of fused-ring (bicyclic) bond motifs is 1. The number of nitrogens with one attached hydrogen (secondary N) is 2. The zero-order valence-corrected chi connectivity index (χ0v) is 23.3. The van der Waals surface area contributed by atoms with E-state index < -0.39 is 5.91 Å². The fourth-order valence-corrected chi connectivity index (χ4v) is 4.59. The summed E-state index contributed by atoms with van der Waals surface area (Å²) in [5.41, 5.74) is 6.64. The smallest absolute Gasteiger partial charge is 0.310 e. The average Bonchev–Trinajstić information content (AvgIpc) is 3.42. The van der Waals surface area contributed by atoms with Gasteiger partial charge in [0.2, 0.25) is 0 Å². The van der Waals surface area contributed by atoms with Crippen LogP contribution < -0.4 is 15.0 Å². The minimum atomic E-state index is -0.585. The van der Waals surface area contributed by atoms with Crippen LogP contribution in [0.25, 0.3) is 17.0 Å². The number of carbonyl (C=O) groups excluding carboxylic acids is 2. The maximum Gasteiger partial charge on any atom is 0.310 e. The summed E-state index contributed by atoms with van der Waals surface area (Å²) in [6.07, 6.45) is 5.91. The standard InChI is InChI=1S/C32H35N3O6/c1-39-29-13-11-25(19-30(29)40-2)20-32(37)41-18-17-35(16-15-26-21-33-28-6-4-3-5-27(26)28)22-24-9-7-23(8-10-24)12-14-31(36)34-38/h3-14,19,21,33,38H,15-18,20,22H2,1-2H3,(H,34,36). The van der Waals surface area contributed by atoms with Crippen molar-refractivity contribution in [2.24, 2.45) is 0 Å². The third kappa shape index (κ3) is 8.44. The van der Waals surface area contributed by atoms with Crippen LogP contribution in [-0.2, 0) is 33.7 Å². The molecule has 0 saturated carbocycles. The molecular formula is C32H35N3O6. The minimum absolute atomic E-state index is 0.138. The van der Waals surface area contributed by atoms with E-state index >= 15 is 0 Å². The number of methoxy groups -OCH3 is 2. The topological polar surface area (TPSA) is 113 Å². The molecule has 4 aromatic rings. The van der Waals surface area contributed by atoms with Gasteiger partial charge in [0.25, 0.3) is 5.91 Å². The molecule has 0 aliphatic heterocycles.